The lowest BCUT2D eigenvalue weighted by Gasteiger charge is -2.38. The Bertz CT molecular complexity index is 1570. The number of aliphatic hydroxyl groups is 6. The number of methoxy groups -OCH3 is 2. The monoisotopic (exact) mass is 624 g/mol. The number of hydrogen-bond acceptors (Lipinski definition) is 16. The molecule has 0 aliphatic carbocycles. The Hall–Kier alpha value is -3.87. The van der Waals surface area contributed by atoms with E-state index in [0.717, 1.165) is 12.1 Å². The normalized spacial score (nSPS) is 30.6. The molecule has 8 N–H and O–H groups in total. The molecule has 0 radical (unpaired) electrons. The summed E-state index contributed by atoms with van der Waals surface area (Å²) >= 11 is 0. The van der Waals surface area contributed by atoms with Gasteiger partial charge in [0.1, 0.15) is 59.1 Å². The predicted molar refractivity (Wildman–Crippen MR) is 146 cm³/mol. The molecule has 0 amide bonds. The second-order valence-corrected chi connectivity index (χ2v) is 10.3. The molecule has 2 aliphatic heterocycles. The van der Waals surface area contributed by atoms with E-state index in [9.17, 15) is 45.6 Å². The van der Waals surface area contributed by atoms with Gasteiger partial charge in [-0.25, -0.2) is 0 Å². The summed E-state index contributed by atoms with van der Waals surface area (Å²) in [5.74, 6) is -2.24. The average Bonchev–Trinajstić information content (AvgIpc) is 2.98. The minimum atomic E-state index is -1.68. The highest BCUT2D eigenvalue weighted by Gasteiger charge is 2.43. The molecule has 2 fully saturated rings. The van der Waals surface area contributed by atoms with Crippen LogP contribution in [0, 0.1) is 0 Å². The maximum absolute atomic E-state index is 13.4. The molecule has 44 heavy (non-hydrogen) atoms. The van der Waals surface area contributed by atoms with Crippen molar-refractivity contribution in [2.75, 3.05) is 20.8 Å². The number of rotatable bonds is 7. The van der Waals surface area contributed by atoms with Gasteiger partial charge >= 0.3 is 0 Å². The predicted octanol–water partition coefficient (Wildman–Crippen LogP) is -1.09. The fourth-order valence-electron chi connectivity index (χ4n) is 4.97. The molecule has 0 saturated carbocycles. The van der Waals surface area contributed by atoms with Crippen LogP contribution in [0.25, 0.3) is 22.3 Å². The molecule has 3 aromatic rings. The van der Waals surface area contributed by atoms with Crippen LogP contribution < -0.4 is 24.4 Å². The standard InChI is InChI=1S/C28H32O16/c1-9-18(32)21(35)23(37)28(41-9)42-11-6-12(29)17-15(7-11)43-24(26(39-3)20(17)34)10-4-13(30)25(38-2)16(5-10)44-27-22(36)19(33)14(31)8-40-27/h4-7,9,14,18-19,21-23,27-33,35-37H,8H2,1-3H3. The van der Waals surface area contributed by atoms with E-state index in [1.54, 1.807) is 0 Å². The molecule has 9 atom stereocenters. The zero-order chi connectivity index (χ0) is 32.0. The maximum Gasteiger partial charge on any atom is 0.239 e. The van der Waals surface area contributed by atoms with Crippen LogP contribution in [0.4, 0.5) is 0 Å². The molecular formula is C28H32O16. The van der Waals surface area contributed by atoms with Crippen molar-refractivity contribution in [3.63, 3.8) is 0 Å². The Morgan fingerprint density at radius 1 is 0.773 bits per heavy atom. The number of hydrogen-bond donors (Lipinski definition) is 8. The van der Waals surface area contributed by atoms with E-state index >= 15 is 0 Å². The molecule has 9 unspecified atom stereocenters. The smallest absolute Gasteiger partial charge is 0.239 e. The van der Waals surface area contributed by atoms with E-state index in [0.29, 0.717) is 0 Å². The van der Waals surface area contributed by atoms with Crippen LogP contribution in [0.5, 0.6) is 34.5 Å². The SMILES string of the molecule is COc1c(O)cc(-c2oc3cc(OC4OC(C)C(O)C(O)C4O)cc(O)c3c(=O)c2OC)cc1OC1OCC(O)C(O)C1O. The van der Waals surface area contributed by atoms with Crippen molar-refractivity contribution < 1.29 is 73.7 Å². The lowest BCUT2D eigenvalue weighted by molar-refractivity contribution is -0.268. The molecule has 2 aliphatic rings. The summed E-state index contributed by atoms with van der Waals surface area (Å²) in [5.41, 5.74) is -1.03. The summed E-state index contributed by atoms with van der Waals surface area (Å²) in [6, 6.07) is 4.69. The van der Waals surface area contributed by atoms with Crippen molar-refractivity contribution in [1.29, 1.82) is 0 Å². The topological polar surface area (TPSA) is 247 Å². The first kappa shape index (κ1) is 31.6. The minimum absolute atomic E-state index is 0.00261. The molecule has 5 rings (SSSR count). The fraction of sp³-hybridized carbons (Fsp3) is 0.464. The van der Waals surface area contributed by atoms with Gasteiger partial charge in [0.15, 0.2) is 17.3 Å². The van der Waals surface area contributed by atoms with Crippen LogP contribution in [-0.2, 0) is 9.47 Å². The van der Waals surface area contributed by atoms with E-state index < -0.39 is 72.2 Å². The van der Waals surface area contributed by atoms with Gasteiger partial charge in [-0.05, 0) is 19.1 Å². The molecule has 1 aromatic heterocycles. The molecule has 2 saturated heterocycles. The number of phenols is 2. The van der Waals surface area contributed by atoms with E-state index in [1.165, 1.54) is 33.3 Å². The zero-order valence-corrected chi connectivity index (χ0v) is 23.6. The van der Waals surface area contributed by atoms with Crippen LogP contribution in [0.1, 0.15) is 6.92 Å². The first-order valence-corrected chi connectivity index (χ1v) is 13.3. The molecule has 2 aromatic carbocycles. The summed E-state index contributed by atoms with van der Waals surface area (Å²) in [7, 11) is 2.41. The number of fused-ring (bicyclic) bond motifs is 1. The Balaban J connectivity index is 1.57. The van der Waals surface area contributed by atoms with Crippen molar-refractivity contribution >= 4 is 11.0 Å². The molecular weight excluding hydrogens is 592 g/mol. The van der Waals surface area contributed by atoms with Crippen molar-refractivity contribution in [1.82, 2.24) is 0 Å². The summed E-state index contributed by atoms with van der Waals surface area (Å²) in [6.45, 7) is 1.10. The third kappa shape index (κ3) is 5.57. The van der Waals surface area contributed by atoms with Gasteiger partial charge in [0.05, 0.1) is 26.9 Å². The molecule has 0 bridgehead atoms. The Morgan fingerprint density at radius 3 is 2.14 bits per heavy atom. The van der Waals surface area contributed by atoms with Crippen LogP contribution in [0.2, 0.25) is 0 Å². The molecule has 16 nitrogen and oxygen atoms in total. The van der Waals surface area contributed by atoms with E-state index in [2.05, 4.69) is 0 Å². The fourth-order valence-corrected chi connectivity index (χ4v) is 4.97. The van der Waals surface area contributed by atoms with E-state index in [-0.39, 0.29) is 51.9 Å². The molecule has 16 heteroatoms. The van der Waals surface area contributed by atoms with Gasteiger partial charge in [-0.15, -0.1) is 0 Å². The lowest BCUT2D eigenvalue weighted by atomic mass is 10.00. The van der Waals surface area contributed by atoms with Gasteiger partial charge in [-0.1, -0.05) is 0 Å². The number of ether oxygens (including phenoxy) is 6. The van der Waals surface area contributed by atoms with Crippen LogP contribution in [-0.4, -0.2) is 117 Å². The first-order chi connectivity index (χ1) is 20.9. The number of aliphatic hydroxyl groups excluding tert-OH is 6. The van der Waals surface area contributed by atoms with Gasteiger partial charge in [-0.2, -0.15) is 0 Å². The van der Waals surface area contributed by atoms with Crippen LogP contribution in [0.15, 0.2) is 33.5 Å². The quantitative estimate of drug-likeness (QED) is 0.156. The summed E-state index contributed by atoms with van der Waals surface area (Å²) in [4.78, 5) is 13.4. The third-order valence-electron chi connectivity index (χ3n) is 7.37. The maximum atomic E-state index is 13.4. The number of benzene rings is 2. The van der Waals surface area contributed by atoms with Crippen LogP contribution in [0.3, 0.4) is 0 Å². The van der Waals surface area contributed by atoms with E-state index in [1.807, 2.05) is 0 Å². The highest BCUT2D eigenvalue weighted by molar-refractivity contribution is 5.88. The highest BCUT2D eigenvalue weighted by Crippen LogP contribution is 2.44. The third-order valence-corrected chi connectivity index (χ3v) is 7.37. The summed E-state index contributed by atoms with van der Waals surface area (Å²) < 4.78 is 38.5. The molecule has 240 valence electrons. The minimum Gasteiger partial charge on any atom is -0.507 e. The highest BCUT2D eigenvalue weighted by atomic mass is 16.7. The Morgan fingerprint density at radius 2 is 1.45 bits per heavy atom. The second-order valence-electron chi connectivity index (χ2n) is 10.3. The second kappa shape index (κ2) is 12.3. The Kier molecular flexibility index (Phi) is 8.79. The summed E-state index contributed by atoms with van der Waals surface area (Å²) in [5, 5.41) is 81.6. The van der Waals surface area contributed by atoms with Crippen LogP contribution >= 0.6 is 0 Å². The average molecular weight is 625 g/mol. The number of aromatic hydroxyl groups is 2. The first-order valence-electron chi connectivity index (χ1n) is 13.3. The van der Waals surface area contributed by atoms with Gasteiger partial charge < -0.3 is 73.7 Å². The lowest BCUT2D eigenvalue weighted by Crippen LogP contribution is -2.58. The van der Waals surface area contributed by atoms with Gasteiger partial charge in [0.2, 0.25) is 29.5 Å². The van der Waals surface area contributed by atoms with Gasteiger partial charge in [-0.3, -0.25) is 4.79 Å². The van der Waals surface area contributed by atoms with E-state index in [4.69, 9.17) is 32.8 Å². The van der Waals surface area contributed by atoms with Gasteiger partial charge in [0.25, 0.3) is 0 Å². The van der Waals surface area contributed by atoms with Gasteiger partial charge in [0, 0.05) is 17.7 Å². The molecule has 3 heterocycles. The van der Waals surface area contributed by atoms with Crippen molar-refractivity contribution in [2.24, 2.45) is 0 Å². The van der Waals surface area contributed by atoms with Crippen molar-refractivity contribution in [3.8, 4) is 45.8 Å². The summed E-state index contributed by atoms with van der Waals surface area (Å²) in [6.07, 6.45) is -13.1. The van der Waals surface area contributed by atoms with Crippen molar-refractivity contribution in [3.05, 3.63) is 34.5 Å². The molecule has 0 spiro atoms. The zero-order valence-electron chi connectivity index (χ0n) is 23.6. The van der Waals surface area contributed by atoms with Crippen molar-refractivity contribution in [2.45, 2.75) is 62.2 Å². The Labute approximate surface area is 248 Å². The number of phenolic OH excluding ortho intramolecular Hbond substituents is 2. The largest absolute Gasteiger partial charge is 0.507 e.